The third-order valence-electron chi connectivity index (χ3n) is 9.37. The quantitative estimate of drug-likeness (QED) is 0.0697. The Morgan fingerprint density at radius 3 is 2.68 bits per heavy atom. The van der Waals surface area contributed by atoms with Crippen molar-refractivity contribution >= 4 is 16.9 Å². The lowest BCUT2D eigenvalue weighted by Crippen LogP contribution is -2.39. The normalized spacial score (nSPS) is 19.2. The molecule has 2 fully saturated rings. The first-order valence-electron chi connectivity index (χ1n) is 16.4. The fourth-order valence-corrected chi connectivity index (χ4v) is 6.67. The molecule has 6 rings (SSSR count). The van der Waals surface area contributed by atoms with Crippen molar-refractivity contribution in [2.75, 3.05) is 6.54 Å². The van der Waals surface area contributed by atoms with E-state index in [4.69, 9.17) is 11.1 Å². The fraction of sp³-hybridized carbons (Fsp3) is 0.457. The van der Waals surface area contributed by atoms with E-state index in [1.807, 2.05) is 0 Å². The van der Waals surface area contributed by atoms with Gasteiger partial charge in [-0.05, 0) is 112 Å². The van der Waals surface area contributed by atoms with Crippen LogP contribution in [0.1, 0.15) is 81.0 Å². The molecule has 0 unspecified atom stereocenters. The molecule has 0 spiro atoms. The Hall–Kier alpha value is -4.03. The standard InChI is InChI=1S/C35H41F4N7O/c1-20(40)42-13-12-26-5-3-7-31(43-26)28-11-10-27(18-29(28)36)46-19-24-17-32(44-33(24)45-34(46)47)23-14-21(15-25(16-23)35(37,38)39)4-2-6-30(41)22-8-9-22/h10-11,14-19,22,26,30-31,43H,2-9,12-13,41H2,1H3,(H2,40,42)(H,44,45,47)/t26-,30+,31-/m0/s1. The minimum atomic E-state index is -4.52. The first-order chi connectivity index (χ1) is 22.4. The Balaban J connectivity index is 1.22. The minimum absolute atomic E-state index is 0.0878. The second kappa shape index (κ2) is 13.6. The molecule has 12 heteroatoms. The maximum Gasteiger partial charge on any atom is 0.416 e. The van der Waals surface area contributed by atoms with Gasteiger partial charge in [0.15, 0.2) is 0 Å². The van der Waals surface area contributed by atoms with Crippen LogP contribution in [0, 0.1) is 17.1 Å². The number of alkyl halides is 3. The number of aromatic amines is 1. The summed E-state index contributed by atoms with van der Waals surface area (Å²) in [7, 11) is 0. The number of benzene rings is 2. The molecule has 3 atom stereocenters. The van der Waals surface area contributed by atoms with Gasteiger partial charge in [-0.3, -0.25) is 9.98 Å². The van der Waals surface area contributed by atoms with E-state index < -0.39 is 23.2 Å². The van der Waals surface area contributed by atoms with Crippen molar-refractivity contribution in [3.05, 3.63) is 81.7 Å². The van der Waals surface area contributed by atoms with Gasteiger partial charge in [-0.15, -0.1) is 0 Å². The van der Waals surface area contributed by atoms with Crippen LogP contribution in [0.4, 0.5) is 17.6 Å². The molecule has 2 aliphatic rings. The highest BCUT2D eigenvalue weighted by Gasteiger charge is 2.32. The van der Waals surface area contributed by atoms with E-state index in [2.05, 4.69) is 20.6 Å². The summed E-state index contributed by atoms with van der Waals surface area (Å²) >= 11 is 0. The zero-order chi connectivity index (χ0) is 33.3. The van der Waals surface area contributed by atoms with E-state index in [1.54, 1.807) is 31.2 Å². The molecule has 1 aliphatic heterocycles. The number of piperidine rings is 1. The monoisotopic (exact) mass is 651 g/mol. The van der Waals surface area contributed by atoms with Crippen LogP contribution in [-0.4, -0.2) is 39.0 Å². The largest absolute Gasteiger partial charge is 0.416 e. The highest BCUT2D eigenvalue weighted by Crippen LogP contribution is 2.36. The Labute approximate surface area is 270 Å². The summed E-state index contributed by atoms with van der Waals surface area (Å²) in [5.74, 6) is 0.510. The molecular formula is C35H41F4N7O. The molecular weight excluding hydrogens is 610 g/mol. The average molecular weight is 652 g/mol. The van der Waals surface area contributed by atoms with Gasteiger partial charge in [-0.2, -0.15) is 18.2 Å². The summed E-state index contributed by atoms with van der Waals surface area (Å²) in [4.78, 5) is 20.2. The predicted molar refractivity (Wildman–Crippen MR) is 175 cm³/mol. The molecule has 6 N–H and O–H groups in total. The minimum Gasteiger partial charge on any atom is -0.374 e. The van der Waals surface area contributed by atoms with Crippen molar-refractivity contribution in [3.8, 4) is 16.9 Å². The lowest BCUT2D eigenvalue weighted by molar-refractivity contribution is -0.137. The highest BCUT2D eigenvalue weighted by atomic mass is 19.4. The van der Waals surface area contributed by atoms with Crippen molar-refractivity contribution in [1.82, 2.24) is 25.2 Å². The Morgan fingerprint density at radius 1 is 1.15 bits per heavy atom. The molecule has 0 amide bonds. The molecule has 4 aromatic rings. The van der Waals surface area contributed by atoms with Gasteiger partial charge >= 0.3 is 11.9 Å². The molecule has 0 radical (unpaired) electrons. The number of nitrogens with zero attached hydrogens (tertiary/aromatic N) is 2. The Morgan fingerprint density at radius 2 is 1.96 bits per heavy atom. The number of H-pyrrole nitrogens is 1. The molecule has 1 aliphatic carbocycles. The molecule has 2 aromatic heterocycles. The molecule has 8 nitrogen and oxygen atoms in total. The molecule has 1 saturated carbocycles. The van der Waals surface area contributed by atoms with Crippen molar-refractivity contribution < 1.29 is 17.6 Å². The topological polar surface area (TPSA) is 125 Å². The van der Waals surface area contributed by atoms with Gasteiger partial charge in [0.05, 0.1) is 17.1 Å². The van der Waals surface area contributed by atoms with E-state index >= 15 is 4.39 Å². The predicted octanol–water partition coefficient (Wildman–Crippen LogP) is 6.76. The van der Waals surface area contributed by atoms with Crippen molar-refractivity contribution in [2.45, 2.75) is 89.0 Å². The molecule has 0 bridgehead atoms. The summed E-state index contributed by atoms with van der Waals surface area (Å²) < 4.78 is 58.4. The average Bonchev–Trinajstić information content (AvgIpc) is 3.80. The van der Waals surface area contributed by atoms with Crippen LogP contribution in [0.5, 0.6) is 0 Å². The summed E-state index contributed by atoms with van der Waals surface area (Å²) in [6, 6.07) is 10.5. The highest BCUT2D eigenvalue weighted by molar-refractivity contribution is 5.83. The molecule has 3 heterocycles. The van der Waals surface area contributed by atoms with Gasteiger partial charge in [0, 0.05) is 47.5 Å². The summed E-state index contributed by atoms with van der Waals surface area (Å²) in [6.07, 6.45) is 4.72. The zero-order valence-electron chi connectivity index (χ0n) is 26.4. The summed E-state index contributed by atoms with van der Waals surface area (Å²) in [6.45, 7) is 2.37. The number of nitrogens with one attached hydrogen (secondary N) is 4. The number of nitrogens with two attached hydrogens (primary N) is 1. The third-order valence-corrected chi connectivity index (χ3v) is 9.37. The van der Waals surface area contributed by atoms with Crippen LogP contribution in [0.25, 0.3) is 28.0 Å². The van der Waals surface area contributed by atoms with E-state index in [0.29, 0.717) is 64.6 Å². The van der Waals surface area contributed by atoms with E-state index in [-0.39, 0.29) is 23.8 Å². The number of fused-ring (bicyclic) bond motifs is 1. The second-order valence-corrected chi connectivity index (χ2v) is 13.1. The number of aryl methyl sites for hydroxylation is 1. The molecule has 1 saturated heterocycles. The molecule has 250 valence electrons. The van der Waals surface area contributed by atoms with Crippen LogP contribution >= 0.6 is 0 Å². The lowest BCUT2D eigenvalue weighted by atomic mass is 9.91. The van der Waals surface area contributed by atoms with E-state index in [9.17, 15) is 18.0 Å². The Kier molecular flexibility index (Phi) is 9.52. The van der Waals surface area contributed by atoms with E-state index in [1.165, 1.54) is 22.9 Å². The van der Waals surface area contributed by atoms with Crippen LogP contribution in [-0.2, 0) is 12.6 Å². The van der Waals surface area contributed by atoms with Gasteiger partial charge < -0.3 is 21.4 Å². The van der Waals surface area contributed by atoms with Crippen LogP contribution < -0.4 is 22.1 Å². The Bertz CT molecular complexity index is 1810. The number of rotatable bonds is 11. The van der Waals surface area contributed by atoms with Gasteiger partial charge in [-0.25, -0.2) is 9.18 Å². The lowest BCUT2D eigenvalue weighted by Gasteiger charge is -2.32. The van der Waals surface area contributed by atoms with Crippen LogP contribution in [0.3, 0.4) is 0 Å². The van der Waals surface area contributed by atoms with Gasteiger partial charge in [-0.1, -0.05) is 12.5 Å². The first kappa shape index (κ1) is 32.9. The van der Waals surface area contributed by atoms with Crippen LogP contribution in [0.15, 0.2) is 53.5 Å². The van der Waals surface area contributed by atoms with Gasteiger partial charge in [0.25, 0.3) is 0 Å². The van der Waals surface area contributed by atoms with Gasteiger partial charge in [0.1, 0.15) is 11.5 Å². The zero-order valence-corrected chi connectivity index (χ0v) is 26.4. The number of hydrogen-bond donors (Lipinski definition) is 5. The number of amidine groups is 1. The molecule has 47 heavy (non-hydrogen) atoms. The number of hydrogen-bond acceptors (Lipinski definition) is 5. The van der Waals surface area contributed by atoms with Gasteiger partial charge in [0.2, 0.25) is 0 Å². The molecule has 2 aromatic carbocycles. The number of halogens is 4. The van der Waals surface area contributed by atoms with Crippen molar-refractivity contribution in [2.24, 2.45) is 11.7 Å². The SMILES string of the molecule is CC(=N)NCC[C@@H]1CCC[C@@H](c2ccc(-n3cc4cc(-c5cc(CCC[C@@H](N)C6CC6)cc(C(F)(F)F)c5)[nH]c4nc3=O)cc2F)N1. The summed E-state index contributed by atoms with van der Waals surface area (Å²) in [5.41, 5.74) is 7.19. The third kappa shape index (κ3) is 7.93. The second-order valence-electron chi connectivity index (χ2n) is 13.1. The summed E-state index contributed by atoms with van der Waals surface area (Å²) in [5, 5.41) is 14.6. The smallest absolute Gasteiger partial charge is 0.374 e. The number of aromatic nitrogens is 3. The van der Waals surface area contributed by atoms with Crippen molar-refractivity contribution in [3.63, 3.8) is 0 Å². The first-order valence-corrected chi connectivity index (χ1v) is 16.4. The maximum absolute atomic E-state index is 15.5. The maximum atomic E-state index is 15.5. The van der Waals surface area contributed by atoms with Crippen LogP contribution in [0.2, 0.25) is 0 Å². The van der Waals surface area contributed by atoms with E-state index in [0.717, 1.165) is 51.0 Å². The van der Waals surface area contributed by atoms with Crippen molar-refractivity contribution in [1.29, 1.82) is 5.41 Å². The fourth-order valence-electron chi connectivity index (χ4n) is 6.67.